The molecule has 1 amide bonds. The molecule has 1 aromatic carbocycles. The molecule has 2 rings (SSSR count). The summed E-state index contributed by atoms with van der Waals surface area (Å²) in [6.45, 7) is 3.39. The molecule has 0 unspecified atom stereocenters. The van der Waals surface area contributed by atoms with Crippen molar-refractivity contribution in [1.82, 2.24) is 5.32 Å². The number of nitrogens with one attached hydrogen (secondary N) is 1. The van der Waals surface area contributed by atoms with Crippen LogP contribution in [-0.2, 0) is 13.6 Å². The highest BCUT2D eigenvalue weighted by molar-refractivity contribution is 6.32. The lowest BCUT2D eigenvalue weighted by molar-refractivity contribution is -0.679. The van der Waals surface area contributed by atoms with Crippen LogP contribution in [0.5, 0.6) is 5.75 Å². The van der Waals surface area contributed by atoms with E-state index in [0.717, 1.165) is 12.1 Å². The number of aryl methyl sites for hydroxylation is 1. The number of nitrogens with zero attached hydrogens (tertiary/aromatic N) is 1. The number of unbranched alkanes of at least 4 members (excludes halogenated alkanes) is 11. The van der Waals surface area contributed by atoms with Crippen molar-refractivity contribution in [2.45, 2.75) is 90.5 Å². The number of carbonyl (C=O) groups excluding carboxylic acids is 1. The highest BCUT2D eigenvalue weighted by Gasteiger charge is 2.12. The highest BCUT2D eigenvalue weighted by atomic mass is 127. The maximum atomic E-state index is 12.5. The predicted molar refractivity (Wildman–Crippen MR) is 137 cm³/mol. The van der Waals surface area contributed by atoms with Gasteiger partial charge in [-0.05, 0) is 24.6 Å². The molecule has 190 valence electrons. The molecule has 6 heteroatoms. The normalized spacial score (nSPS) is 10.6. The first-order valence-electron chi connectivity index (χ1n) is 12.8. The van der Waals surface area contributed by atoms with Gasteiger partial charge in [0, 0.05) is 17.7 Å². The summed E-state index contributed by atoms with van der Waals surface area (Å²) in [7, 11) is 1.96. The lowest BCUT2D eigenvalue weighted by Gasteiger charge is -2.10. The zero-order valence-electron chi connectivity index (χ0n) is 21.0. The van der Waals surface area contributed by atoms with Gasteiger partial charge in [-0.1, -0.05) is 95.2 Å². The van der Waals surface area contributed by atoms with Crippen LogP contribution < -0.4 is 38.6 Å². The highest BCUT2D eigenvalue weighted by Crippen LogP contribution is 2.26. The second kappa shape index (κ2) is 18.9. The number of amides is 1. The summed E-state index contributed by atoms with van der Waals surface area (Å²) in [5, 5.41) is 3.42. The van der Waals surface area contributed by atoms with E-state index in [1.54, 1.807) is 18.2 Å². The van der Waals surface area contributed by atoms with Gasteiger partial charge in [-0.15, -0.1) is 0 Å². The van der Waals surface area contributed by atoms with Gasteiger partial charge in [0.2, 0.25) is 0 Å². The van der Waals surface area contributed by atoms with E-state index < -0.39 is 0 Å². The van der Waals surface area contributed by atoms with Crippen molar-refractivity contribution in [3.63, 3.8) is 0 Å². The Morgan fingerprint density at radius 3 is 2.12 bits per heavy atom. The summed E-state index contributed by atoms with van der Waals surface area (Å²) >= 11 is 6.36. The van der Waals surface area contributed by atoms with E-state index in [9.17, 15) is 4.79 Å². The van der Waals surface area contributed by atoms with E-state index >= 15 is 0 Å². The van der Waals surface area contributed by atoms with Crippen molar-refractivity contribution >= 4 is 17.5 Å². The minimum Gasteiger partial charge on any atom is -1.00 e. The summed E-state index contributed by atoms with van der Waals surface area (Å²) in [4.78, 5) is 12.5. The fourth-order valence-corrected chi connectivity index (χ4v) is 4.13. The summed E-state index contributed by atoms with van der Waals surface area (Å²) in [6.07, 6.45) is 17.8. The third kappa shape index (κ3) is 12.4. The van der Waals surface area contributed by atoms with Crippen molar-refractivity contribution in [2.75, 3.05) is 6.61 Å². The van der Waals surface area contributed by atoms with E-state index in [0.29, 0.717) is 29.5 Å². The maximum absolute atomic E-state index is 12.5. The number of aromatic nitrogens is 1. The van der Waals surface area contributed by atoms with Crippen LogP contribution in [0, 0.1) is 0 Å². The zero-order valence-corrected chi connectivity index (χ0v) is 23.9. The van der Waals surface area contributed by atoms with E-state index in [1.807, 2.05) is 36.0 Å². The van der Waals surface area contributed by atoms with Gasteiger partial charge in [0.25, 0.3) is 5.91 Å². The SMILES string of the molecule is CCCCCCCCCCCCCCOc1ccc(C(=O)NCc2cccc[n+]2C)cc1Cl.[I-]. The lowest BCUT2D eigenvalue weighted by atomic mass is 10.1. The molecular weight excluding hydrogens is 559 g/mol. The number of hydrogen-bond donors (Lipinski definition) is 1. The second-order valence-electron chi connectivity index (χ2n) is 8.87. The van der Waals surface area contributed by atoms with Gasteiger partial charge in [0.1, 0.15) is 19.3 Å². The van der Waals surface area contributed by atoms with E-state index in [4.69, 9.17) is 16.3 Å². The Kier molecular flexibility index (Phi) is 17.1. The number of hydrogen-bond acceptors (Lipinski definition) is 2. The topological polar surface area (TPSA) is 42.2 Å². The molecule has 0 fully saturated rings. The van der Waals surface area contributed by atoms with Crippen molar-refractivity contribution in [2.24, 2.45) is 7.05 Å². The van der Waals surface area contributed by atoms with E-state index in [-0.39, 0.29) is 29.9 Å². The number of pyridine rings is 1. The number of benzene rings is 1. The molecule has 2 aromatic rings. The average Bonchev–Trinajstić information content (AvgIpc) is 2.82. The Hall–Kier alpha value is -1.34. The standard InChI is InChI=1S/C28H41ClN2O2.HI/c1-3-4-5-6-7-8-9-10-11-12-13-16-21-33-27-19-18-24(22-26(27)29)28(32)30-23-25-17-14-15-20-31(25)2;/h14-15,17-20,22H,3-13,16,21,23H2,1-2H3;1H. The van der Waals surface area contributed by atoms with Crippen LogP contribution in [0.1, 0.15) is 100 Å². The summed E-state index contributed by atoms with van der Waals surface area (Å²) in [5.74, 6) is 0.499. The van der Waals surface area contributed by atoms with Gasteiger partial charge in [-0.3, -0.25) is 4.79 Å². The Morgan fingerprint density at radius 1 is 0.912 bits per heavy atom. The summed E-state index contributed by atoms with van der Waals surface area (Å²) < 4.78 is 7.83. The first-order chi connectivity index (χ1) is 16.1. The summed E-state index contributed by atoms with van der Waals surface area (Å²) in [5.41, 5.74) is 1.57. The van der Waals surface area contributed by atoms with Crippen molar-refractivity contribution < 1.29 is 38.1 Å². The van der Waals surface area contributed by atoms with Crippen molar-refractivity contribution in [3.05, 3.63) is 58.9 Å². The van der Waals surface area contributed by atoms with Gasteiger partial charge in [0.15, 0.2) is 11.9 Å². The Morgan fingerprint density at radius 2 is 1.53 bits per heavy atom. The molecule has 1 aromatic heterocycles. The average molecular weight is 601 g/mol. The molecule has 0 spiro atoms. The lowest BCUT2D eigenvalue weighted by Crippen LogP contribution is -3.00. The molecule has 0 radical (unpaired) electrons. The molecule has 1 heterocycles. The molecule has 0 aliphatic heterocycles. The Labute approximate surface area is 228 Å². The monoisotopic (exact) mass is 600 g/mol. The van der Waals surface area contributed by atoms with Crippen LogP contribution in [0.2, 0.25) is 5.02 Å². The zero-order chi connectivity index (χ0) is 23.7. The Balaban J connectivity index is 0.00000578. The van der Waals surface area contributed by atoms with Gasteiger partial charge in [0.05, 0.1) is 11.6 Å². The molecule has 34 heavy (non-hydrogen) atoms. The van der Waals surface area contributed by atoms with Gasteiger partial charge >= 0.3 is 0 Å². The molecule has 0 atom stereocenters. The van der Waals surface area contributed by atoms with Crippen LogP contribution in [0.3, 0.4) is 0 Å². The van der Waals surface area contributed by atoms with Gasteiger partial charge < -0.3 is 34.0 Å². The predicted octanol–water partition coefficient (Wildman–Crippen LogP) is 4.18. The van der Waals surface area contributed by atoms with Crippen molar-refractivity contribution in [3.8, 4) is 5.75 Å². The number of ether oxygens (including phenoxy) is 1. The molecule has 0 bridgehead atoms. The minimum atomic E-state index is -0.145. The second-order valence-corrected chi connectivity index (χ2v) is 9.28. The molecule has 0 saturated carbocycles. The van der Waals surface area contributed by atoms with Gasteiger partial charge in [-0.2, -0.15) is 0 Å². The number of carbonyl (C=O) groups is 1. The van der Waals surface area contributed by atoms with Crippen molar-refractivity contribution in [1.29, 1.82) is 0 Å². The summed E-state index contributed by atoms with van der Waals surface area (Å²) in [6, 6.07) is 11.1. The molecule has 4 nitrogen and oxygen atoms in total. The van der Waals surface area contributed by atoms with E-state index in [2.05, 4.69) is 12.2 Å². The third-order valence-corrected chi connectivity index (χ3v) is 6.34. The fourth-order valence-electron chi connectivity index (χ4n) is 3.90. The minimum absolute atomic E-state index is 0. The van der Waals surface area contributed by atoms with Crippen LogP contribution in [0.25, 0.3) is 0 Å². The number of halogens is 2. The molecule has 0 saturated heterocycles. The maximum Gasteiger partial charge on any atom is 0.251 e. The third-order valence-electron chi connectivity index (χ3n) is 6.04. The largest absolute Gasteiger partial charge is 1.00 e. The number of rotatable bonds is 17. The van der Waals surface area contributed by atoms with Crippen LogP contribution >= 0.6 is 11.6 Å². The molecule has 0 aliphatic rings. The molecule has 1 N–H and O–H groups in total. The molecule has 0 aliphatic carbocycles. The smallest absolute Gasteiger partial charge is 0.251 e. The first-order valence-corrected chi connectivity index (χ1v) is 13.1. The van der Waals surface area contributed by atoms with E-state index in [1.165, 1.54) is 70.6 Å². The quantitative estimate of drug-likeness (QED) is 0.168. The fraction of sp³-hybridized carbons (Fsp3) is 0.571. The van der Waals surface area contributed by atoms with Crippen LogP contribution in [-0.4, -0.2) is 12.5 Å². The van der Waals surface area contributed by atoms with Gasteiger partial charge in [-0.25, -0.2) is 4.57 Å². The van der Waals surface area contributed by atoms with Crippen LogP contribution in [0.4, 0.5) is 0 Å². The Bertz CT molecular complexity index is 832. The molecular formula is C28H42ClIN2O2. The van der Waals surface area contributed by atoms with Crippen LogP contribution in [0.15, 0.2) is 42.6 Å². The first kappa shape index (κ1) is 30.7.